The highest BCUT2D eigenvalue weighted by molar-refractivity contribution is 5.90. The van der Waals surface area contributed by atoms with Gasteiger partial charge in [0.15, 0.2) is 0 Å². The molecule has 4 rings (SSSR count). The number of likely N-dealkylation sites (tertiary alicyclic amines) is 1. The topological polar surface area (TPSA) is 84.8 Å². The van der Waals surface area contributed by atoms with Gasteiger partial charge in [0.1, 0.15) is 17.7 Å². The van der Waals surface area contributed by atoms with E-state index in [9.17, 15) is 0 Å². The predicted molar refractivity (Wildman–Crippen MR) is 107 cm³/mol. The number of aromatic nitrogens is 3. The number of nitrogens with zero attached hydrogens (tertiary/aromatic N) is 5. The van der Waals surface area contributed by atoms with Gasteiger partial charge in [-0.05, 0) is 32.5 Å². The fourth-order valence-corrected chi connectivity index (χ4v) is 4.05. The van der Waals surface area contributed by atoms with Gasteiger partial charge in [-0.1, -0.05) is 6.92 Å². The zero-order valence-corrected chi connectivity index (χ0v) is 16.6. The first kappa shape index (κ1) is 18.6. The molecule has 1 saturated heterocycles. The monoisotopic (exact) mass is 382 g/mol. The number of likely N-dealkylation sites (N-methyl/N-ethyl adjacent to an activating group) is 1. The summed E-state index contributed by atoms with van der Waals surface area (Å²) in [5.74, 6) is 1.73. The minimum Gasteiger partial charge on any atom is -0.481 e. The van der Waals surface area contributed by atoms with Gasteiger partial charge in [-0.2, -0.15) is 0 Å². The molecule has 8 heteroatoms. The van der Waals surface area contributed by atoms with E-state index in [1.54, 1.807) is 13.3 Å². The van der Waals surface area contributed by atoms with Crippen LogP contribution in [0.15, 0.2) is 35.7 Å². The Labute approximate surface area is 165 Å². The van der Waals surface area contributed by atoms with Crippen LogP contribution in [0.5, 0.6) is 5.88 Å². The molecule has 28 heavy (non-hydrogen) atoms. The number of piperidine rings is 1. The minimum atomic E-state index is -0.236. The molecule has 1 fully saturated rings. The summed E-state index contributed by atoms with van der Waals surface area (Å²) in [6.45, 7) is 4.91. The molecule has 8 nitrogen and oxygen atoms in total. The Balaban J connectivity index is 1.48. The van der Waals surface area contributed by atoms with Crippen LogP contribution >= 0.6 is 0 Å². The first-order valence-corrected chi connectivity index (χ1v) is 9.63. The van der Waals surface area contributed by atoms with E-state index >= 15 is 0 Å². The Morgan fingerprint density at radius 3 is 2.96 bits per heavy atom. The molecule has 2 aromatic heterocycles. The van der Waals surface area contributed by atoms with Gasteiger partial charge in [0.2, 0.25) is 5.88 Å². The van der Waals surface area contributed by atoms with Gasteiger partial charge in [0.25, 0.3) is 6.02 Å². The first-order chi connectivity index (χ1) is 13.6. The molecule has 0 saturated carbocycles. The van der Waals surface area contributed by atoms with E-state index in [0.29, 0.717) is 30.2 Å². The molecule has 2 aliphatic rings. The summed E-state index contributed by atoms with van der Waals surface area (Å²) in [7, 11) is 3.74. The third kappa shape index (κ3) is 3.64. The van der Waals surface area contributed by atoms with E-state index < -0.39 is 0 Å². The number of rotatable bonds is 4. The number of anilines is 1. The van der Waals surface area contributed by atoms with Gasteiger partial charge >= 0.3 is 0 Å². The maximum Gasteiger partial charge on any atom is 0.291 e. The van der Waals surface area contributed by atoms with Crippen LogP contribution < -0.4 is 10.1 Å². The smallest absolute Gasteiger partial charge is 0.291 e. The average molecular weight is 382 g/mol. The number of pyridine rings is 1. The number of amidine groups is 1. The standard InChI is InChI=1S/C20H26N6O2/c1-4-15-7-8-26(2)12-20(15)11-22-19(28-20)25-17-9-16(23-13-24-17)14-5-6-18(27-3)21-10-14/h5-6,9-10,13,15H,4,7-8,11-12H2,1-3H3,(H,22,23,24,25)/t15?,20-/m0/s1. The van der Waals surface area contributed by atoms with Crippen LogP contribution in [0, 0.1) is 5.92 Å². The molecule has 0 bridgehead atoms. The van der Waals surface area contributed by atoms with Gasteiger partial charge < -0.3 is 14.4 Å². The van der Waals surface area contributed by atoms with Crippen LogP contribution in [-0.2, 0) is 4.74 Å². The van der Waals surface area contributed by atoms with Gasteiger partial charge in [-0.25, -0.2) is 19.9 Å². The maximum atomic E-state index is 6.35. The largest absolute Gasteiger partial charge is 0.481 e. The number of methoxy groups -OCH3 is 1. The zero-order valence-electron chi connectivity index (χ0n) is 16.6. The molecule has 2 aliphatic heterocycles. The highest BCUT2D eigenvalue weighted by atomic mass is 16.5. The first-order valence-electron chi connectivity index (χ1n) is 9.63. The zero-order chi connectivity index (χ0) is 19.6. The van der Waals surface area contributed by atoms with Crippen molar-refractivity contribution in [3.05, 3.63) is 30.7 Å². The molecule has 1 spiro atoms. The van der Waals surface area contributed by atoms with Crippen LogP contribution in [0.25, 0.3) is 11.3 Å². The summed E-state index contributed by atoms with van der Waals surface area (Å²) >= 11 is 0. The summed E-state index contributed by atoms with van der Waals surface area (Å²) in [6.07, 6.45) is 5.49. The molecule has 0 aromatic carbocycles. The van der Waals surface area contributed by atoms with Crippen molar-refractivity contribution >= 4 is 11.8 Å². The third-order valence-corrected chi connectivity index (χ3v) is 5.57. The molecule has 0 amide bonds. The number of hydrogen-bond acceptors (Lipinski definition) is 8. The molecular weight excluding hydrogens is 356 g/mol. The maximum absolute atomic E-state index is 6.35. The Morgan fingerprint density at radius 1 is 1.32 bits per heavy atom. The van der Waals surface area contributed by atoms with Crippen molar-refractivity contribution in [1.29, 1.82) is 0 Å². The summed E-state index contributed by atoms with van der Waals surface area (Å²) < 4.78 is 11.5. The van der Waals surface area contributed by atoms with E-state index in [1.165, 1.54) is 6.33 Å². The molecule has 1 unspecified atom stereocenters. The van der Waals surface area contributed by atoms with Crippen molar-refractivity contribution in [2.24, 2.45) is 10.9 Å². The van der Waals surface area contributed by atoms with Crippen molar-refractivity contribution in [3.63, 3.8) is 0 Å². The SMILES string of the molecule is CCC1CCN(C)C[C@@]12CN=C(Nc1cc(-c3ccc(OC)nc3)ncn1)O2. The lowest BCUT2D eigenvalue weighted by atomic mass is 9.79. The molecule has 2 atom stereocenters. The van der Waals surface area contributed by atoms with Gasteiger partial charge in [0.05, 0.1) is 19.3 Å². The third-order valence-electron chi connectivity index (χ3n) is 5.57. The van der Waals surface area contributed by atoms with Gasteiger partial charge in [-0.15, -0.1) is 0 Å². The van der Waals surface area contributed by atoms with Gasteiger partial charge in [-0.3, -0.25) is 5.32 Å². The van der Waals surface area contributed by atoms with Crippen molar-refractivity contribution in [2.45, 2.75) is 25.4 Å². The van der Waals surface area contributed by atoms with Crippen molar-refractivity contribution < 1.29 is 9.47 Å². The van der Waals surface area contributed by atoms with Crippen molar-refractivity contribution in [3.8, 4) is 17.1 Å². The summed E-state index contributed by atoms with van der Waals surface area (Å²) in [4.78, 5) is 19.8. The number of aliphatic imine (C=N–C) groups is 1. The molecule has 0 aliphatic carbocycles. The van der Waals surface area contributed by atoms with E-state index in [2.05, 4.69) is 44.1 Å². The lowest BCUT2D eigenvalue weighted by Gasteiger charge is -2.43. The lowest BCUT2D eigenvalue weighted by molar-refractivity contribution is -0.0389. The Bertz CT molecular complexity index is 856. The second-order valence-corrected chi connectivity index (χ2v) is 7.42. The number of hydrogen-bond donors (Lipinski definition) is 1. The number of ether oxygens (including phenoxy) is 2. The fraction of sp³-hybridized carbons (Fsp3) is 0.500. The van der Waals surface area contributed by atoms with Gasteiger partial charge in [0, 0.05) is 36.4 Å². The Morgan fingerprint density at radius 2 is 2.21 bits per heavy atom. The van der Waals surface area contributed by atoms with E-state index in [1.807, 2.05) is 18.2 Å². The van der Waals surface area contributed by atoms with Crippen LogP contribution in [0.3, 0.4) is 0 Å². The van der Waals surface area contributed by atoms with E-state index in [-0.39, 0.29) is 5.60 Å². The molecule has 2 aromatic rings. The summed E-state index contributed by atoms with van der Waals surface area (Å²) in [5, 5.41) is 3.22. The van der Waals surface area contributed by atoms with Crippen molar-refractivity contribution in [1.82, 2.24) is 19.9 Å². The Kier molecular flexibility index (Phi) is 5.13. The number of nitrogens with one attached hydrogen (secondary N) is 1. The Hall–Kier alpha value is -2.74. The second kappa shape index (κ2) is 7.71. The molecule has 0 radical (unpaired) electrons. The highest BCUT2D eigenvalue weighted by Crippen LogP contribution is 2.36. The van der Waals surface area contributed by atoms with Crippen LogP contribution in [0.2, 0.25) is 0 Å². The predicted octanol–water partition coefficient (Wildman–Crippen LogP) is 2.45. The second-order valence-electron chi connectivity index (χ2n) is 7.42. The van der Waals surface area contributed by atoms with Crippen LogP contribution in [0.4, 0.5) is 5.82 Å². The lowest BCUT2D eigenvalue weighted by Crippen LogP contribution is -2.55. The summed E-state index contributed by atoms with van der Waals surface area (Å²) in [6, 6.07) is 6.12. The normalized spacial score (nSPS) is 24.7. The fourth-order valence-electron chi connectivity index (χ4n) is 4.05. The quantitative estimate of drug-likeness (QED) is 0.869. The molecule has 148 valence electrons. The highest BCUT2D eigenvalue weighted by Gasteiger charge is 2.47. The molecule has 1 N–H and O–H groups in total. The van der Waals surface area contributed by atoms with E-state index in [0.717, 1.165) is 37.2 Å². The van der Waals surface area contributed by atoms with Crippen LogP contribution in [-0.4, -0.2) is 65.3 Å². The van der Waals surface area contributed by atoms with Crippen LogP contribution in [0.1, 0.15) is 19.8 Å². The summed E-state index contributed by atoms with van der Waals surface area (Å²) in [5.41, 5.74) is 1.42. The molecular formula is C20H26N6O2. The average Bonchev–Trinajstić information content (AvgIpc) is 3.10. The molecule has 4 heterocycles. The van der Waals surface area contributed by atoms with E-state index in [4.69, 9.17) is 9.47 Å². The minimum absolute atomic E-state index is 0.236. The van der Waals surface area contributed by atoms with Crippen molar-refractivity contribution in [2.75, 3.05) is 39.1 Å².